The van der Waals surface area contributed by atoms with E-state index in [1.807, 2.05) is 0 Å². The maximum Gasteiger partial charge on any atom is 0.278 e. The highest BCUT2D eigenvalue weighted by Crippen LogP contribution is 2.29. The van der Waals surface area contributed by atoms with E-state index < -0.39 is 0 Å². The number of rotatable bonds is 5. The van der Waals surface area contributed by atoms with E-state index in [1.54, 1.807) is 61.2 Å². The van der Waals surface area contributed by atoms with Crippen LogP contribution in [0.2, 0.25) is 5.02 Å². The molecule has 7 nitrogen and oxygen atoms in total. The van der Waals surface area contributed by atoms with Gasteiger partial charge in [-0.2, -0.15) is 0 Å². The molecule has 3 aromatic rings. The van der Waals surface area contributed by atoms with E-state index in [2.05, 4.69) is 15.6 Å². The molecule has 3 rings (SSSR count). The van der Waals surface area contributed by atoms with Crippen molar-refractivity contribution in [1.82, 2.24) is 15.0 Å². The number of nitrogens with zero attached hydrogens (tertiary/aromatic N) is 3. The van der Waals surface area contributed by atoms with Crippen molar-refractivity contribution in [2.24, 2.45) is 0 Å². The van der Waals surface area contributed by atoms with E-state index in [-0.39, 0.29) is 11.6 Å². The van der Waals surface area contributed by atoms with Gasteiger partial charge in [-0.25, -0.2) is 4.68 Å². The fraction of sp³-hybridized carbons (Fsp3) is 0.167. The van der Waals surface area contributed by atoms with Crippen LogP contribution in [0.25, 0.3) is 5.69 Å². The molecule has 0 aliphatic rings. The van der Waals surface area contributed by atoms with Crippen molar-refractivity contribution in [3.63, 3.8) is 0 Å². The standard InChI is InChI=1S/C18H17ClN4O3/c1-11-17(21-22-23(11)13-6-4-12(19)5-7-13)18(24)20-15-9-8-14(25-2)10-16(15)26-3/h4-10H,1-3H3,(H,20,24). The lowest BCUT2D eigenvalue weighted by molar-refractivity contribution is 0.102. The van der Waals surface area contributed by atoms with E-state index in [0.29, 0.717) is 27.9 Å². The van der Waals surface area contributed by atoms with Crippen LogP contribution < -0.4 is 14.8 Å². The Bertz CT molecular complexity index is 938. The number of halogens is 1. The summed E-state index contributed by atoms with van der Waals surface area (Å²) in [5.74, 6) is 0.733. The Hall–Kier alpha value is -3.06. The molecule has 2 aromatic carbocycles. The van der Waals surface area contributed by atoms with Crippen molar-refractivity contribution in [3.8, 4) is 17.2 Å². The molecule has 0 saturated carbocycles. The van der Waals surface area contributed by atoms with Gasteiger partial charge in [-0.05, 0) is 43.3 Å². The highest BCUT2D eigenvalue weighted by atomic mass is 35.5. The predicted molar refractivity (Wildman–Crippen MR) is 98.6 cm³/mol. The number of carbonyl (C=O) groups excluding carboxylic acids is 1. The van der Waals surface area contributed by atoms with Crippen molar-refractivity contribution in [2.75, 3.05) is 19.5 Å². The van der Waals surface area contributed by atoms with Gasteiger partial charge < -0.3 is 14.8 Å². The number of hydrogen-bond acceptors (Lipinski definition) is 5. The van der Waals surface area contributed by atoms with E-state index in [1.165, 1.54) is 7.11 Å². The first-order chi connectivity index (χ1) is 12.5. The van der Waals surface area contributed by atoms with Gasteiger partial charge in [0.15, 0.2) is 5.69 Å². The summed E-state index contributed by atoms with van der Waals surface area (Å²) in [6.45, 7) is 1.77. The largest absolute Gasteiger partial charge is 0.497 e. The number of nitrogens with one attached hydrogen (secondary N) is 1. The van der Waals surface area contributed by atoms with Crippen LogP contribution in [-0.2, 0) is 0 Å². The minimum absolute atomic E-state index is 0.220. The Balaban J connectivity index is 1.86. The second-order valence-electron chi connectivity index (χ2n) is 5.43. The lowest BCUT2D eigenvalue weighted by Gasteiger charge is -2.11. The molecule has 0 atom stereocenters. The number of ether oxygens (including phenoxy) is 2. The lowest BCUT2D eigenvalue weighted by atomic mass is 10.2. The number of methoxy groups -OCH3 is 2. The average molecular weight is 373 g/mol. The summed E-state index contributed by atoms with van der Waals surface area (Å²) in [7, 11) is 3.08. The first-order valence-corrected chi connectivity index (χ1v) is 8.13. The van der Waals surface area contributed by atoms with Gasteiger partial charge in [-0.1, -0.05) is 16.8 Å². The van der Waals surface area contributed by atoms with Crippen molar-refractivity contribution in [1.29, 1.82) is 0 Å². The van der Waals surface area contributed by atoms with Gasteiger partial charge in [0.05, 0.1) is 31.3 Å². The van der Waals surface area contributed by atoms with Crippen LogP contribution in [0.3, 0.4) is 0 Å². The van der Waals surface area contributed by atoms with E-state index >= 15 is 0 Å². The van der Waals surface area contributed by atoms with Crippen molar-refractivity contribution < 1.29 is 14.3 Å². The molecule has 0 saturated heterocycles. The Morgan fingerprint density at radius 3 is 2.50 bits per heavy atom. The van der Waals surface area contributed by atoms with Gasteiger partial charge in [-0.15, -0.1) is 5.10 Å². The summed E-state index contributed by atoms with van der Waals surface area (Å²) in [6, 6.07) is 12.2. The third kappa shape index (κ3) is 3.48. The summed E-state index contributed by atoms with van der Waals surface area (Å²) in [5, 5.41) is 11.5. The molecule has 0 aliphatic carbocycles. The number of benzene rings is 2. The fourth-order valence-corrected chi connectivity index (χ4v) is 2.58. The second-order valence-corrected chi connectivity index (χ2v) is 5.87. The van der Waals surface area contributed by atoms with Crippen LogP contribution in [0.5, 0.6) is 11.5 Å². The van der Waals surface area contributed by atoms with Crippen molar-refractivity contribution in [2.45, 2.75) is 6.92 Å². The Morgan fingerprint density at radius 2 is 1.85 bits per heavy atom. The van der Waals surface area contributed by atoms with E-state index in [0.717, 1.165) is 5.69 Å². The SMILES string of the molecule is COc1ccc(NC(=O)c2nnn(-c3ccc(Cl)cc3)c2C)c(OC)c1. The summed E-state index contributed by atoms with van der Waals surface area (Å²) < 4.78 is 12.0. The smallest absolute Gasteiger partial charge is 0.278 e. The molecule has 0 aliphatic heterocycles. The van der Waals surface area contributed by atoms with Crippen molar-refractivity contribution >= 4 is 23.2 Å². The number of anilines is 1. The molecule has 0 spiro atoms. The minimum atomic E-state index is -0.383. The Kier molecular flexibility index (Phi) is 5.09. The number of aromatic nitrogens is 3. The molecule has 0 unspecified atom stereocenters. The van der Waals surface area contributed by atoms with Crippen LogP contribution in [0.15, 0.2) is 42.5 Å². The summed E-state index contributed by atoms with van der Waals surface area (Å²) >= 11 is 5.90. The molecule has 0 radical (unpaired) electrons. The fourth-order valence-electron chi connectivity index (χ4n) is 2.45. The summed E-state index contributed by atoms with van der Waals surface area (Å²) in [5.41, 5.74) is 2.11. The molecular formula is C18H17ClN4O3. The first-order valence-electron chi connectivity index (χ1n) is 7.75. The minimum Gasteiger partial charge on any atom is -0.497 e. The normalized spacial score (nSPS) is 10.5. The van der Waals surface area contributed by atoms with Crippen LogP contribution in [-0.4, -0.2) is 35.1 Å². The number of carbonyl (C=O) groups is 1. The monoisotopic (exact) mass is 372 g/mol. The zero-order valence-corrected chi connectivity index (χ0v) is 15.2. The lowest BCUT2D eigenvalue weighted by Crippen LogP contribution is -2.15. The highest BCUT2D eigenvalue weighted by Gasteiger charge is 2.19. The van der Waals surface area contributed by atoms with Crippen LogP contribution >= 0.6 is 11.6 Å². The molecule has 26 heavy (non-hydrogen) atoms. The van der Waals surface area contributed by atoms with Gasteiger partial charge >= 0.3 is 0 Å². The molecule has 1 aromatic heterocycles. The van der Waals surface area contributed by atoms with Gasteiger partial charge in [0.25, 0.3) is 5.91 Å². The Labute approximate surface area is 155 Å². The molecule has 1 heterocycles. The average Bonchev–Trinajstić information content (AvgIpc) is 3.04. The number of hydrogen-bond donors (Lipinski definition) is 1. The Morgan fingerprint density at radius 1 is 1.12 bits per heavy atom. The first kappa shape index (κ1) is 17.8. The maximum atomic E-state index is 12.6. The van der Waals surface area contributed by atoms with Gasteiger partial charge in [0.2, 0.25) is 0 Å². The van der Waals surface area contributed by atoms with Crippen LogP contribution in [0.4, 0.5) is 5.69 Å². The highest BCUT2D eigenvalue weighted by molar-refractivity contribution is 6.30. The molecule has 0 fully saturated rings. The second kappa shape index (κ2) is 7.45. The van der Waals surface area contributed by atoms with Gasteiger partial charge in [-0.3, -0.25) is 4.79 Å². The van der Waals surface area contributed by atoms with Gasteiger partial charge in [0, 0.05) is 11.1 Å². The van der Waals surface area contributed by atoms with Crippen molar-refractivity contribution in [3.05, 3.63) is 58.9 Å². The summed E-state index contributed by atoms with van der Waals surface area (Å²) in [6.07, 6.45) is 0. The topological polar surface area (TPSA) is 78.3 Å². The third-order valence-corrected chi connectivity index (χ3v) is 4.09. The summed E-state index contributed by atoms with van der Waals surface area (Å²) in [4.78, 5) is 12.6. The van der Waals surface area contributed by atoms with E-state index in [9.17, 15) is 4.79 Å². The number of amides is 1. The molecule has 8 heteroatoms. The molecule has 134 valence electrons. The quantitative estimate of drug-likeness (QED) is 0.741. The third-order valence-electron chi connectivity index (χ3n) is 3.84. The van der Waals surface area contributed by atoms with E-state index in [4.69, 9.17) is 21.1 Å². The molecule has 0 bridgehead atoms. The molecule has 1 amide bonds. The zero-order chi connectivity index (χ0) is 18.7. The molecular weight excluding hydrogens is 356 g/mol. The van der Waals surface area contributed by atoms with Crippen LogP contribution in [0, 0.1) is 6.92 Å². The maximum absolute atomic E-state index is 12.6. The molecule has 1 N–H and O–H groups in total. The van der Waals surface area contributed by atoms with Crippen LogP contribution in [0.1, 0.15) is 16.2 Å². The predicted octanol–water partition coefficient (Wildman–Crippen LogP) is 3.50. The zero-order valence-electron chi connectivity index (χ0n) is 14.5. The van der Waals surface area contributed by atoms with Gasteiger partial charge in [0.1, 0.15) is 11.5 Å².